The zero-order valence-corrected chi connectivity index (χ0v) is 27.5. The van der Waals surface area contributed by atoms with Gasteiger partial charge in [-0.1, -0.05) is 68.7 Å². The number of Topliss-reactive ketones (excluding diaryl/α,β-unsaturated/α-hetero) is 1. The first-order valence-corrected chi connectivity index (χ1v) is 16.2. The Morgan fingerprint density at radius 3 is 2.48 bits per heavy atom. The number of benzene rings is 1. The number of unbranched alkanes of at least 4 members (excludes halogenated alkanes) is 3. The summed E-state index contributed by atoms with van der Waals surface area (Å²) in [6.45, 7) is 1.62. The lowest BCUT2D eigenvalue weighted by atomic mass is 10.00. The van der Waals surface area contributed by atoms with Gasteiger partial charge < -0.3 is 14.4 Å². The maximum Gasteiger partial charge on any atom is 0.413 e. The number of hydrogen-bond donors (Lipinski definition) is 1. The number of aromatic nitrogens is 4. The average Bonchev–Trinajstić information content (AvgIpc) is 3.13. The molecule has 13 nitrogen and oxygen atoms in total. The Labute approximate surface area is 288 Å². The third-order valence-electron chi connectivity index (χ3n) is 7.67. The molecule has 1 aliphatic rings. The van der Waals surface area contributed by atoms with Crippen molar-refractivity contribution >= 4 is 29.4 Å². The summed E-state index contributed by atoms with van der Waals surface area (Å²) >= 11 is 0. The molecule has 3 aromatic heterocycles. The maximum atomic E-state index is 14.1. The van der Waals surface area contributed by atoms with Crippen LogP contribution < -0.4 is 15.6 Å². The second-order valence-corrected chi connectivity index (χ2v) is 11.3. The number of carbonyl (C=O) groups excluding carboxylic acids is 4. The van der Waals surface area contributed by atoms with Gasteiger partial charge in [-0.25, -0.2) is 14.8 Å². The second-order valence-electron chi connectivity index (χ2n) is 11.3. The molecule has 0 aliphatic heterocycles. The molecule has 4 aromatic rings. The van der Waals surface area contributed by atoms with Crippen LogP contribution in [0.3, 0.4) is 0 Å². The van der Waals surface area contributed by atoms with Crippen molar-refractivity contribution in [1.29, 1.82) is 0 Å². The van der Waals surface area contributed by atoms with Crippen LogP contribution in [0, 0.1) is 0 Å². The third-order valence-corrected chi connectivity index (χ3v) is 7.67. The van der Waals surface area contributed by atoms with Gasteiger partial charge in [-0.05, 0) is 30.7 Å². The van der Waals surface area contributed by atoms with Crippen molar-refractivity contribution in [2.24, 2.45) is 0 Å². The summed E-state index contributed by atoms with van der Waals surface area (Å²) in [4.78, 5) is 80.0. The number of rotatable bonds is 15. The van der Waals surface area contributed by atoms with E-state index in [1.165, 1.54) is 21.7 Å². The molecule has 0 atom stereocenters. The smallest absolute Gasteiger partial charge is 0.413 e. The zero-order valence-electron chi connectivity index (χ0n) is 27.5. The molecule has 0 bridgehead atoms. The summed E-state index contributed by atoms with van der Waals surface area (Å²) in [6, 6.07) is 18.4. The van der Waals surface area contributed by atoms with Crippen LogP contribution in [0.5, 0.6) is 5.88 Å². The van der Waals surface area contributed by atoms with E-state index >= 15 is 0 Å². The second kappa shape index (κ2) is 17.2. The maximum absolute atomic E-state index is 14.1. The summed E-state index contributed by atoms with van der Waals surface area (Å²) in [5, 5.41) is 2.49. The number of amides is 2. The largest absolute Gasteiger partial charge is 0.444 e. The first kappa shape index (κ1) is 35.1. The van der Waals surface area contributed by atoms with Crippen LogP contribution in [0.2, 0.25) is 0 Å². The van der Waals surface area contributed by atoms with E-state index in [0.29, 0.717) is 17.5 Å². The lowest BCUT2D eigenvalue weighted by Crippen LogP contribution is -2.41. The van der Waals surface area contributed by atoms with Crippen LogP contribution in [0.25, 0.3) is 11.4 Å². The number of ether oxygens (including phenoxy) is 2. The highest BCUT2D eigenvalue weighted by atomic mass is 16.5. The first-order valence-electron chi connectivity index (χ1n) is 16.2. The Morgan fingerprint density at radius 2 is 1.74 bits per heavy atom. The molecule has 0 spiro atoms. The Kier molecular flexibility index (Phi) is 12.1. The molecular weight excluding hydrogens is 640 g/mol. The van der Waals surface area contributed by atoms with Gasteiger partial charge in [-0.2, -0.15) is 0 Å². The average molecular weight is 677 g/mol. The van der Waals surface area contributed by atoms with Gasteiger partial charge in [0.25, 0.3) is 5.56 Å². The number of ketones is 2. The Bertz CT molecular complexity index is 1940. The van der Waals surface area contributed by atoms with Gasteiger partial charge in [0.15, 0.2) is 0 Å². The molecular formula is C37H36N6O7. The number of nitrogens with zero attached hydrogens (tertiary/aromatic N) is 5. The molecule has 256 valence electrons. The minimum Gasteiger partial charge on any atom is -0.444 e. The molecule has 1 aliphatic carbocycles. The lowest BCUT2D eigenvalue weighted by molar-refractivity contribution is -0.133. The van der Waals surface area contributed by atoms with E-state index in [2.05, 4.69) is 27.2 Å². The van der Waals surface area contributed by atoms with Crippen molar-refractivity contribution in [3.63, 3.8) is 0 Å². The monoisotopic (exact) mass is 676 g/mol. The van der Waals surface area contributed by atoms with Gasteiger partial charge in [0.2, 0.25) is 23.4 Å². The summed E-state index contributed by atoms with van der Waals surface area (Å²) in [5.41, 5.74) is 0.595. The highest BCUT2D eigenvalue weighted by molar-refractivity contribution is 6.48. The van der Waals surface area contributed by atoms with Crippen LogP contribution >= 0.6 is 0 Å². The third kappa shape index (κ3) is 9.43. The normalized spacial score (nSPS) is 12.5. The highest BCUT2D eigenvalue weighted by Crippen LogP contribution is 2.22. The number of carbonyl (C=O) groups is 4. The molecule has 1 N–H and O–H groups in total. The van der Waals surface area contributed by atoms with E-state index in [-0.39, 0.29) is 48.6 Å². The summed E-state index contributed by atoms with van der Waals surface area (Å²) in [6.07, 6.45) is 9.75. The van der Waals surface area contributed by atoms with Gasteiger partial charge in [-0.3, -0.25) is 34.0 Å². The molecule has 2 amide bonds. The van der Waals surface area contributed by atoms with Crippen molar-refractivity contribution in [1.82, 2.24) is 24.4 Å². The van der Waals surface area contributed by atoms with Crippen molar-refractivity contribution in [3.8, 4) is 17.3 Å². The first-order chi connectivity index (χ1) is 24.3. The Balaban J connectivity index is 1.43. The number of anilines is 1. The molecule has 0 radical (unpaired) electrons. The molecule has 5 rings (SSSR count). The van der Waals surface area contributed by atoms with Gasteiger partial charge >= 0.3 is 6.09 Å². The van der Waals surface area contributed by atoms with Gasteiger partial charge in [0.1, 0.15) is 30.6 Å². The summed E-state index contributed by atoms with van der Waals surface area (Å²) < 4.78 is 12.3. The molecule has 3 heterocycles. The fourth-order valence-corrected chi connectivity index (χ4v) is 5.10. The van der Waals surface area contributed by atoms with Crippen molar-refractivity contribution < 1.29 is 28.7 Å². The molecule has 0 unspecified atom stereocenters. The molecule has 0 saturated heterocycles. The predicted octanol–water partition coefficient (Wildman–Crippen LogP) is 4.90. The molecule has 0 saturated carbocycles. The van der Waals surface area contributed by atoms with Crippen molar-refractivity contribution in [2.45, 2.75) is 45.8 Å². The van der Waals surface area contributed by atoms with E-state index < -0.39 is 35.7 Å². The van der Waals surface area contributed by atoms with Gasteiger partial charge in [0, 0.05) is 48.4 Å². The van der Waals surface area contributed by atoms with E-state index in [1.54, 1.807) is 73.1 Å². The van der Waals surface area contributed by atoms with Crippen LogP contribution in [0.1, 0.15) is 38.2 Å². The highest BCUT2D eigenvalue weighted by Gasteiger charge is 2.29. The Hall–Kier alpha value is -6.24. The molecule has 13 heteroatoms. The van der Waals surface area contributed by atoms with Crippen LogP contribution in [-0.4, -0.2) is 61.1 Å². The fraction of sp³-hybridized carbons (Fsp3) is 0.243. The van der Waals surface area contributed by atoms with E-state index in [4.69, 9.17) is 9.47 Å². The van der Waals surface area contributed by atoms with Gasteiger partial charge in [0.05, 0.1) is 12.1 Å². The van der Waals surface area contributed by atoms with E-state index in [0.717, 1.165) is 31.4 Å². The van der Waals surface area contributed by atoms with Gasteiger partial charge in [-0.15, -0.1) is 0 Å². The predicted molar refractivity (Wildman–Crippen MR) is 184 cm³/mol. The van der Waals surface area contributed by atoms with Crippen LogP contribution in [-0.2, 0) is 32.3 Å². The number of pyridine rings is 2. The topological polar surface area (TPSA) is 163 Å². The van der Waals surface area contributed by atoms with Crippen molar-refractivity contribution in [2.75, 3.05) is 18.4 Å². The van der Waals surface area contributed by atoms with E-state index in [9.17, 15) is 24.0 Å². The number of allylic oxidation sites excluding steroid dienone is 2. The zero-order chi connectivity index (χ0) is 35.3. The van der Waals surface area contributed by atoms with Crippen LogP contribution in [0.15, 0.2) is 114 Å². The minimum absolute atomic E-state index is 0.00472. The van der Waals surface area contributed by atoms with E-state index in [1.807, 2.05) is 0 Å². The summed E-state index contributed by atoms with van der Waals surface area (Å²) in [7, 11) is 0. The molecule has 50 heavy (non-hydrogen) atoms. The lowest BCUT2D eigenvalue weighted by Gasteiger charge is -2.26. The van der Waals surface area contributed by atoms with Crippen LogP contribution in [0.4, 0.5) is 10.6 Å². The molecule has 1 aromatic carbocycles. The van der Waals surface area contributed by atoms with Crippen molar-refractivity contribution in [3.05, 3.63) is 125 Å². The number of hydrogen-bond acceptors (Lipinski definition) is 10. The SMILES string of the molecule is CCCCCCN(CC1=C(Oc2ccccn2)C=CC(=O)C1=O)C(=O)Cn1c(-c2ccccc2)nc(NC(=O)OCc2cccnc2)cc1=O. The fourth-order valence-electron chi connectivity index (χ4n) is 5.10. The molecule has 0 fully saturated rings. The Morgan fingerprint density at radius 1 is 0.920 bits per heavy atom. The summed E-state index contributed by atoms with van der Waals surface area (Å²) in [5.74, 6) is -1.63. The standard InChI is InChI=1S/C37H36N6O7/c1-2-3-4-10-20-42(23-28-30(17-16-29(44)35(28)47)50-32-15-8-9-19-39-32)34(46)24-43-33(45)21-31(40-36(43)27-13-6-5-7-14-27)41-37(48)49-25-26-12-11-18-38-22-26/h5-9,11-19,21-22H,2-4,10,20,23-25H2,1H3,(H,41,48). The number of nitrogens with one attached hydrogen (secondary N) is 1. The quantitative estimate of drug-likeness (QED) is 0.104. The minimum atomic E-state index is -0.829.